The Balaban J connectivity index is 1.98. The van der Waals surface area contributed by atoms with E-state index in [1.54, 1.807) is 6.20 Å². The van der Waals surface area contributed by atoms with E-state index in [4.69, 9.17) is 5.11 Å². The fourth-order valence-electron chi connectivity index (χ4n) is 2.61. The number of carboxylic acid groups (broad SMARTS) is 1. The van der Waals surface area contributed by atoms with Gasteiger partial charge in [-0.3, -0.25) is 14.3 Å². The highest BCUT2D eigenvalue weighted by Gasteiger charge is 2.25. The second-order valence-corrected chi connectivity index (χ2v) is 5.28. The predicted molar refractivity (Wildman–Crippen MR) is 77.8 cm³/mol. The number of amides is 1. The Morgan fingerprint density at radius 3 is 3.05 bits per heavy atom. The highest BCUT2D eigenvalue weighted by molar-refractivity contribution is 5.77. The summed E-state index contributed by atoms with van der Waals surface area (Å²) in [5.41, 5.74) is 0.875. The lowest BCUT2D eigenvalue weighted by Gasteiger charge is -2.31. The lowest BCUT2D eigenvalue weighted by molar-refractivity contribution is -0.138. The van der Waals surface area contributed by atoms with Crippen LogP contribution < -0.4 is 0 Å². The maximum Gasteiger partial charge on any atom is 0.325 e. The number of allylic oxidation sites excluding steroid dienone is 1. The number of rotatable bonds is 5. The van der Waals surface area contributed by atoms with Crippen LogP contribution in [0.1, 0.15) is 37.8 Å². The molecule has 6 nitrogen and oxygen atoms in total. The molecule has 114 valence electrons. The average Bonchev–Trinajstić information content (AvgIpc) is 2.92. The number of hydrogen-bond donors (Lipinski definition) is 1. The van der Waals surface area contributed by atoms with E-state index in [2.05, 4.69) is 5.10 Å². The molecular weight excluding hydrogens is 270 g/mol. The van der Waals surface area contributed by atoms with Gasteiger partial charge < -0.3 is 10.0 Å². The highest BCUT2D eigenvalue weighted by atomic mass is 16.4. The summed E-state index contributed by atoms with van der Waals surface area (Å²) < 4.78 is 1.43. The molecule has 1 atom stereocenters. The molecule has 0 spiro atoms. The highest BCUT2D eigenvalue weighted by Crippen LogP contribution is 2.26. The molecule has 0 aliphatic carbocycles. The van der Waals surface area contributed by atoms with E-state index in [9.17, 15) is 9.59 Å². The van der Waals surface area contributed by atoms with Gasteiger partial charge >= 0.3 is 5.97 Å². The molecule has 2 heterocycles. The first kappa shape index (κ1) is 15.3. The van der Waals surface area contributed by atoms with Gasteiger partial charge in [-0.25, -0.2) is 0 Å². The summed E-state index contributed by atoms with van der Waals surface area (Å²) in [4.78, 5) is 24.6. The van der Waals surface area contributed by atoms with E-state index in [0.717, 1.165) is 25.1 Å². The Labute approximate surface area is 124 Å². The van der Waals surface area contributed by atoms with Crippen LogP contribution in [0.25, 0.3) is 0 Å². The van der Waals surface area contributed by atoms with Gasteiger partial charge in [-0.1, -0.05) is 12.2 Å². The Morgan fingerprint density at radius 1 is 1.52 bits per heavy atom. The van der Waals surface area contributed by atoms with Crippen molar-refractivity contribution in [3.8, 4) is 0 Å². The van der Waals surface area contributed by atoms with Crippen molar-refractivity contribution in [3.05, 3.63) is 30.1 Å². The molecule has 0 radical (unpaired) electrons. The zero-order valence-corrected chi connectivity index (χ0v) is 12.2. The fraction of sp³-hybridized carbons (Fsp3) is 0.533. The number of aliphatic carboxylic acids is 1. The van der Waals surface area contributed by atoms with E-state index in [-0.39, 0.29) is 18.4 Å². The maximum absolute atomic E-state index is 12.1. The van der Waals surface area contributed by atoms with Crippen molar-refractivity contribution in [1.82, 2.24) is 14.7 Å². The summed E-state index contributed by atoms with van der Waals surface area (Å²) in [7, 11) is 0. The van der Waals surface area contributed by atoms with Gasteiger partial charge in [-0.05, 0) is 25.8 Å². The number of carbonyl (C=O) groups excluding carboxylic acids is 1. The quantitative estimate of drug-likeness (QED) is 0.837. The number of hydrogen-bond acceptors (Lipinski definition) is 3. The molecule has 1 aliphatic rings. The van der Waals surface area contributed by atoms with Crippen molar-refractivity contribution in [2.24, 2.45) is 0 Å². The lowest BCUT2D eigenvalue weighted by atomic mass is 9.95. The van der Waals surface area contributed by atoms with E-state index in [1.807, 2.05) is 30.0 Å². The summed E-state index contributed by atoms with van der Waals surface area (Å²) in [5.74, 6) is -0.567. The molecule has 0 aromatic carbocycles. The van der Waals surface area contributed by atoms with E-state index in [0.29, 0.717) is 13.0 Å². The molecule has 0 bridgehead atoms. The lowest BCUT2D eigenvalue weighted by Crippen LogP contribution is -2.38. The summed E-state index contributed by atoms with van der Waals surface area (Å²) in [6.07, 6.45) is 7.82. The number of carbonyl (C=O) groups is 2. The van der Waals surface area contributed by atoms with Crippen LogP contribution in [0.3, 0.4) is 0 Å². The van der Waals surface area contributed by atoms with Crippen LogP contribution in [0, 0.1) is 0 Å². The average molecular weight is 291 g/mol. The summed E-state index contributed by atoms with van der Waals surface area (Å²) in [5, 5.41) is 13.1. The van der Waals surface area contributed by atoms with Crippen molar-refractivity contribution in [2.45, 2.75) is 38.6 Å². The summed E-state index contributed by atoms with van der Waals surface area (Å²) in [6, 6.07) is 1.85. The van der Waals surface area contributed by atoms with Gasteiger partial charge in [0.2, 0.25) is 5.91 Å². The van der Waals surface area contributed by atoms with Crippen LogP contribution in [0.4, 0.5) is 0 Å². The van der Waals surface area contributed by atoms with Crippen molar-refractivity contribution in [2.75, 3.05) is 13.1 Å². The third-order valence-electron chi connectivity index (χ3n) is 3.68. The van der Waals surface area contributed by atoms with Gasteiger partial charge in [0, 0.05) is 31.6 Å². The third kappa shape index (κ3) is 4.18. The first-order valence-electron chi connectivity index (χ1n) is 7.24. The van der Waals surface area contributed by atoms with Gasteiger partial charge in [-0.15, -0.1) is 0 Å². The predicted octanol–water partition coefficient (Wildman–Crippen LogP) is 1.64. The topological polar surface area (TPSA) is 75.4 Å². The molecule has 1 amide bonds. The van der Waals surface area contributed by atoms with E-state index >= 15 is 0 Å². The van der Waals surface area contributed by atoms with Crippen LogP contribution >= 0.6 is 0 Å². The van der Waals surface area contributed by atoms with E-state index in [1.165, 1.54) is 4.68 Å². The smallest absolute Gasteiger partial charge is 0.325 e. The first-order valence-corrected chi connectivity index (χ1v) is 7.24. The first-order chi connectivity index (χ1) is 10.1. The van der Waals surface area contributed by atoms with Gasteiger partial charge in [0.05, 0.1) is 5.69 Å². The van der Waals surface area contributed by atoms with Gasteiger partial charge in [0.1, 0.15) is 6.54 Å². The van der Waals surface area contributed by atoms with Crippen LogP contribution in [0.15, 0.2) is 24.4 Å². The minimum absolute atomic E-state index is 0.128. The van der Waals surface area contributed by atoms with Crippen LogP contribution in [0.2, 0.25) is 0 Å². The van der Waals surface area contributed by atoms with Crippen LogP contribution in [0.5, 0.6) is 0 Å². The zero-order valence-electron chi connectivity index (χ0n) is 12.2. The maximum atomic E-state index is 12.1. The Hall–Kier alpha value is -2.11. The second kappa shape index (κ2) is 7.06. The molecule has 2 rings (SSSR count). The Morgan fingerprint density at radius 2 is 2.33 bits per heavy atom. The number of nitrogens with zero attached hydrogens (tertiary/aromatic N) is 3. The molecule has 6 heteroatoms. The van der Waals surface area contributed by atoms with Crippen molar-refractivity contribution >= 4 is 11.9 Å². The third-order valence-corrected chi connectivity index (χ3v) is 3.68. The molecule has 1 fully saturated rings. The normalized spacial score (nSPS) is 19.1. The molecule has 1 aliphatic heterocycles. The Kier molecular flexibility index (Phi) is 5.14. The van der Waals surface area contributed by atoms with E-state index < -0.39 is 5.97 Å². The minimum atomic E-state index is -0.906. The zero-order chi connectivity index (χ0) is 15.2. The van der Waals surface area contributed by atoms with Gasteiger partial charge in [0.25, 0.3) is 0 Å². The van der Waals surface area contributed by atoms with Gasteiger partial charge in [-0.2, -0.15) is 5.10 Å². The molecule has 21 heavy (non-hydrogen) atoms. The molecule has 1 aromatic heterocycles. The molecule has 1 unspecified atom stereocenters. The Bertz CT molecular complexity index is 536. The monoisotopic (exact) mass is 291 g/mol. The SMILES string of the molecule is C/C=C/CC(=O)N1CCCC(c2ccn(CC(=O)O)n2)C1. The molecule has 1 aromatic rings. The number of aromatic nitrogens is 2. The molecule has 0 saturated carbocycles. The molecule has 1 saturated heterocycles. The van der Waals surface area contributed by atoms with Crippen molar-refractivity contribution in [1.29, 1.82) is 0 Å². The summed E-state index contributed by atoms with van der Waals surface area (Å²) >= 11 is 0. The largest absolute Gasteiger partial charge is 0.480 e. The summed E-state index contributed by atoms with van der Waals surface area (Å²) in [6.45, 7) is 3.24. The second-order valence-electron chi connectivity index (χ2n) is 5.28. The van der Waals surface area contributed by atoms with Crippen LogP contribution in [-0.4, -0.2) is 44.8 Å². The van der Waals surface area contributed by atoms with Crippen LogP contribution in [-0.2, 0) is 16.1 Å². The number of likely N-dealkylation sites (tertiary alicyclic amines) is 1. The number of carboxylic acids is 1. The molecular formula is C15H21N3O3. The van der Waals surface area contributed by atoms with Gasteiger partial charge in [0.15, 0.2) is 0 Å². The number of piperidine rings is 1. The minimum Gasteiger partial charge on any atom is -0.480 e. The van der Waals surface area contributed by atoms with Crippen molar-refractivity contribution in [3.63, 3.8) is 0 Å². The standard InChI is InChI=1S/C15H21N3O3/c1-2-3-6-14(19)17-8-4-5-12(10-17)13-7-9-18(16-13)11-15(20)21/h2-3,7,9,12H,4-6,8,10-11H2,1H3,(H,20,21)/b3-2+. The fourth-order valence-corrected chi connectivity index (χ4v) is 2.61. The van der Waals surface area contributed by atoms with Crippen molar-refractivity contribution < 1.29 is 14.7 Å². The molecule has 1 N–H and O–H groups in total.